The second kappa shape index (κ2) is 4.60. The molecule has 2 rings (SSSR count). The minimum atomic E-state index is 0.366. The molecule has 1 heterocycles. The number of thiazole rings is 1. The van der Waals surface area contributed by atoms with Crippen LogP contribution in [0.2, 0.25) is 0 Å². The maximum Gasteiger partial charge on any atom is 0.119 e. The van der Waals surface area contributed by atoms with Crippen LogP contribution >= 0.6 is 11.3 Å². The molecule has 1 aliphatic carbocycles. The molecule has 1 fully saturated rings. The Kier molecular flexibility index (Phi) is 3.38. The molecular weight excluding hydrogens is 208 g/mol. The van der Waals surface area contributed by atoms with Crippen molar-refractivity contribution in [2.45, 2.75) is 44.9 Å². The third-order valence-corrected chi connectivity index (χ3v) is 3.89. The molecule has 0 aromatic carbocycles. The van der Waals surface area contributed by atoms with Crippen LogP contribution in [0.3, 0.4) is 0 Å². The Morgan fingerprint density at radius 1 is 1.60 bits per heavy atom. The number of methoxy groups -OCH3 is 1. The van der Waals surface area contributed by atoms with E-state index in [1.165, 1.54) is 19.3 Å². The number of aromatic nitrogens is 1. The first-order valence-corrected chi connectivity index (χ1v) is 6.27. The normalized spacial score (nSPS) is 18.8. The number of nitrogens with zero attached hydrogens (tertiary/aromatic N) is 1. The second-order valence-electron chi connectivity index (χ2n) is 4.43. The van der Waals surface area contributed by atoms with Gasteiger partial charge >= 0.3 is 0 Å². The molecule has 0 unspecified atom stereocenters. The van der Waals surface area contributed by atoms with Gasteiger partial charge < -0.3 is 10.1 Å². The van der Waals surface area contributed by atoms with Crippen LogP contribution in [0.15, 0.2) is 5.38 Å². The summed E-state index contributed by atoms with van der Waals surface area (Å²) in [6.07, 6.45) is 3.94. The SMILES string of the molecule is COCc1nc(CNC2(C)CCC2)cs1. The molecule has 0 saturated heterocycles. The number of ether oxygens (including phenoxy) is 1. The molecule has 1 saturated carbocycles. The molecule has 84 valence electrons. The highest BCUT2D eigenvalue weighted by Crippen LogP contribution is 2.31. The van der Waals surface area contributed by atoms with E-state index in [4.69, 9.17) is 4.74 Å². The predicted molar refractivity (Wildman–Crippen MR) is 61.9 cm³/mol. The van der Waals surface area contributed by atoms with Crippen molar-refractivity contribution in [3.05, 3.63) is 16.1 Å². The van der Waals surface area contributed by atoms with E-state index in [1.54, 1.807) is 18.4 Å². The van der Waals surface area contributed by atoms with Crippen LogP contribution in [0.1, 0.15) is 36.9 Å². The number of rotatable bonds is 5. The third kappa shape index (κ3) is 2.77. The third-order valence-electron chi connectivity index (χ3n) is 3.02. The fourth-order valence-electron chi connectivity index (χ4n) is 1.81. The van der Waals surface area contributed by atoms with Gasteiger partial charge in [0, 0.05) is 24.6 Å². The largest absolute Gasteiger partial charge is 0.378 e. The summed E-state index contributed by atoms with van der Waals surface area (Å²) in [6.45, 7) is 3.80. The van der Waals surface area contributed by atoms with Crippen LogP contribution in [0.25, 0.3) is 0 Å². The Morgan fingerprint density at radius 3 is 3.00 bits per heavy atom. The van der Waals surface area contributed by atoms with Crippen molar-refractivity contribution in [2.75, 3.05) is 7.11 Å². The topological polar surface area (TPSA) is 34.1 Å². The fourth-order valence-corrected chi connectivity index (χ4v) is 2.57. The summed E-state index contributed by atoms with van der Waals surface area (Å²) in [7, 11) is 1.70. The van der Waals surface area contributed by atoms with Crippen LogP contribution in [-0.4, -0.2) is 17.6 Å². The zero-order valence-corrected chi connectivity index (χ0v) is 10.2. The van der Waals surface area contributed by atoms with E-state index in [9.17, 15) is 0 Å². The summed E-state index contributed by atoms with van der Waals surface area (Å²) >= 11 is 1.67. The summed E-state index contributed by atoms with van der Waals surface area (Å²) in [5.74, 6) is 0. The smallest absolute Gasteiger partial charge is 0.119 e. The zero-order chi connectivity index (χ0) is 10.7. The van der Waals surface area contributed by atoms with Gasteiger partial charge in [-0.2, -0.15) is 0 Å². The highest BCUT2D eigenvalue weighted by Gasteiger charge is 2.30. The zero-order valence-electron chi connectivity index (χ0n) is 9.38. The van der Waals surface area contributed by atoms with Gasteiger partial charge in [-0.3, -0.25) is 0 Å². The maximum atomic E-state index is 5.05. The summed E-state index contributed by atoms with van der Waals surface area (Å²) < 4.78 is 5.05. The highest BCUT2D eigenvalue weighted by molar-refractivity contribution is 7.09. The Labute approximate surface area is 94.9 Å². The molecule has 4 heteroatoms. The van der Waals surface area contributed by atoms with E-state index in [2.05, 4.69) is 22.6 Å². The van der Waals surface area contributed by atoms with Gasteiger partial charge in [-0.15, -0.1) is 11.3 Å². The lowest BCUT2D eigenvalue weighted by Crippen LogP contribution is -2.47. The monoisotopic (exact) mass is 226 g/mol. The minimum Gasteiger partial charge on any atom is -0.378 e. The molecule has 1 aliphatic rings. The molecule has 3 nitrogen and oxygen atoms in total. The molecule has 0 aliphatic heterocycles. The molecule has 1 N–H and O–H groups in total. The Hall–Kier alpha value is -0.450. The van der Waals surface area contributed by atoms with E-state index in [0.29, 0.717) is 12.1 Å². The van der Waals surface area contributed by atoms with Gasteiger partial charge in [-0.25, -0.2) is 4.98 Å². The molecule has 0 radical (unpaired) electrons. The van der Waals surface area contributed by atoms with Crippen molar-refractivity contribution in [3.63, 3.8) is 0 Å². The molecule has 1 aromatic rings. The molecule has 0 atom stereocenters. The van der Waals surface area contributed by atoms with E-state index in [-0.39, 0.29) is 0 Å². The molecule has 15 heavy (non-hydrogen) atoms. The van der Waals surface area contributed by atoms with Gasteiger partial charge in [0.2, 0.25) is 0 Å². The first-order chi connectivity index (χ1) is 7.22. The van der Waals surface area contributed by atoms with Gasteiger partial charge in [0.25, 0.3) is 0 Å². The summed E-state index contributed by atoms with van der Waals surface area (Å²) in [5.41, 5.74) is 1.51. The van der Waals surface area contributed by atoms with Crippen molar-refractivity contribution >= 4 is 11.3 Å². The second-order valence-corrected chi connectivity index (χ2v) is 5.38. The van der Waals surface area contributed by atoms with Crippen LogP contribution < -0.4 is 5.32 Å². The lowest BCUT2D eigenvalue weighted by atomic mass is 9.78. The van der Waals surface area contributed by atoms with Gasteiger partial charge in [-0.05, 0) is 26.2 Å². The predicted octanol–water partition coefficient (Wildman–Crippen LogP) is 2.32. The number of nitrogens with one attached hydrogen (secondary N) is 1. The van der Waals surface area contributed by atoms with Gasteiger partial charge in [0.05, 0.1) is 12.3 Å². The molecule has 1 aromatic heterocycles. The maximum absolute atomic E-state index is 5.05. The van der Waals surface area contributed by atoms with Crippen molar-refractivity contribution in [1.29, 1.82) is 0 Å². The van der Waals surface area contributed by atoms with Crippen molar-refractivity contribution in [2.24, 2.45) is 0 Å². The first kappa shape index (κ1) is 11.0. The van der Waals surface area contributed by atoms with Crippen LogP contribution in [0.5, 0.6) is 0 Å². The molecule has 0 bridgehead atoms. The summed E-state index contributed by atoms with van der Waals surface area (Å²) in [5, 5.41) is 6.75. The van der Waals surface area contributed by atoms with E-state index in [0.717, 1.165) is 17.2 Å². The number of hydrogen-bond acceptors (Lipinski definition) is 4. The van der Waals surface area contributed by atoms with Crippen molar-refractivity contribution in [1.82, 2.24) is 10.3 Å². The lowest BCUT2D eigenvalue weighted by molar-refractivity contribution is 0.184. The quantitative estimate of drug-likeness (QED) is 0.836. The van der Waals surface area contributed by atoms with Crippen LogP contribution in [0.4, 0.5) is 0 Å². The highest BCUT2D eigenvalue weighted by atomic mass is 32.1. The van der Waals surface area contributed by atoms with Gasteiger partial charge in [-0.1, -0.05) is 0 Å². The molecule has 0 amide bonds. The average Bonchev–Trinajstić information content (AvgIpc) is 2.60. The van der Waals surface area contributed by atoms with E-state index >= 15 is 0 Å². The Bertz CT molecular complexity index is 320. The standard InChI is InChI=1S/C11H18N2OS/c1-11(4-3-5-11)12-6-9-8-15-10(13-9)7-14-2/h8,12H,3-7H2,1-2H3. The van der Waals surface area contributed by atoms with E-state index < -0.39 is 0 Å². The summed E-state index contributed by atoms with van der Waals surface area (Å²) in [6, 6.07) is 0. The van der Waals surface area contributed by atoms with Crippen LogP contribution in [0, 0.1) is 0 Å². The average molecular weight is 226 g/mol. The number of hydrogen-bond donors (Lipinski definition) is 1. The van der Waals surface area contributed by atoms with Crippen LogP contribution in [-0.2, 0) is 17.9 Å². The molecular formula is C11H18N2OS. The van der Waals surface area contributed by atoms with Crippen molar-refractivity contribution in [3.8, 4) is 0 Å². The lowest BCUT2D eigenvalue weighted by Gasteiger charge is -2.39. The van der Waals surface area contributed by atoms with Gasteiger partial charge in [0.15, 0.2) is 0 Å². The fraction of sp³-hybridized carbons (Fsp3) is 0.727. The molecule has 0 spiro atoms. The minimum absolute atomic E-state index is 0.366. The Morgan fingerprint density at radius 2 is 2.40 bits per heavy atom. The first-order valence-electron chi connectivity index (χ1n) is 5.39. The van der Waals surface area contributed by atoms with Gasteiger partial charge in [0.1, 0.15) is 5.01 Å². The summed E-state index contributed by atoms with van der Waals surface area (Å²) in [4.78, 5) is 4.49. The van der Waals surface area contributed by atoms with Crippen molar-refractivity contribution < 1.29 is 4.74 Å². The van der Waals surface area contributed by atoms with E-state index in [1.807, 2.05) is 0 Å². The Balaban J connectivity index is 1.82.